The largest absolute Gasteiger partial charge is 0.493 e. The standard InChI is InChI=1S/C23H28N6O5/c1-23(2)11-15-20(16(30)12-23)21(29-22(24-15)25-26-27-29)14-4-5-17(18(10-14)32-3)34-13-19(31)28-6-8-33-9-7-28/h4-5,10,21H,6-9,11-13H2,1-3H3,(H,24,25,27). The van der Waals surface area contributed by atoms with E-state index in [1.54, 1.807) is 22.8 Å². The number of tetrazole rings is 1. The van der Waals surface area contributed by atoms with Gasteiger partial charge in [0.15, 0.2) is 23.9 Å². The molecule has 1 aromatic heterocycles. The lowest BCUT2D eigenvalue weighted by Gasteiger charge is -2.37. The number of benzene rings is 1. The van der Waals surface area contributed by atoms with E-state index >= 15 is 0 Å². The molecule has 1 fully saturated rings. The highest BCUT2D eigenvalue weighted by Gasteiger charge is 2.42. The molecule has 1 aliphatic carbocycles. The van der Waals surface area contributed by atoms with Gasteiger partial charge in [-0.15, -0.1) is 0 Å². The molecule has 34 heavy (non-hydrogen) atoms. The van der Waals surface area contributed by atoms with Crippen LogP contribution in [0.5, 0.6) is 11.5 Å². The number of anilines is 1. The zero-order valence-electron chi connectivity index (χ0n) is 19.5. The number of morpholine rings is 1. The quantitative estimate of drug-likeness (QED) is 0.697. The van der Waals surface area contributed by atoms with Crippen LogP contribution in [-0.2, 0) is 14.3 Å². The number of methoxy groups -OCH3 is 1. The van der Waals surface area contributed by atoms with Crippen molar-refractivity contribution in [2.45, 2.75) is 32.7 Å². The molecule has 1 atom stereocenters. The second-order valence-corrected chi connectivity index (χ2v) is 9.50. The number of amides is 1. The molecule has 11 heteroatoms. The SMILES string of the molecule is COc1cc(C2C3=C(CC(C)(C)CC3=O)Nc3nnnn32)ccc1OCC(=O)N1CCOCC1. The van der Waals surface area contributed by atoms with E-state index in [-0.39, 0.29) is 23.7 Å². The fourth-order valence-corrected chi connectivity index (χ4v) is 4.80. The van der Waals surface area contributed by atoms with Gasteiger partial charge in [0, 0.05) is 30.8 Å². The number of aromatic nitrogens is 4. The van der Waals surface area contributed by atoms with E-state index in [1.165, 1.54) is 0 Å². The average Bonchev–Trinajstić information content (AvgIpc) is 3.29. The molecule has 1 amide bonds. The van der Waals surface area contributed by atoms with E-state index in [0.29, 0.717) is 55.7 Å². The first-order chi connectivity index (χ1) is 16.4. The van der Waals surface area contributed by atoms with E-state index in [0.717, 1.165) is 17.7 Å². The van der Waals surface area contributed by atoms with Gasteiger partial charge in [-0.25, -0.2) is 0 Å². The van der Waals surface area contributed by atoms with Crippen LogP contribution in [0.1, 0.15) is 38.3 Å². The first kappa shape index (κ1) is 22.3. The number of rotatable bonds is 5. The Balaban J connectivity index is 1.43. The zero-order valence-corrected chi connectivity index (χ0v) is 19.5. The fraction of sp³-hybridized carbons (Fsp3) is 0.522. The Hall–Kier alpha value is -3.47. The van der Waals surface area contributed by atoms with Crippen LogP contribution in [0.2, 0.25) is 0 Å². The molecule has 11 nitrogen and oxygen atoms in total. The highest BCUT2D eigenvalue weighted by atomic mass is 16.5. The lowest BCUT2D eigenvalue weighted by Crippen LogP contribution is -2.43. The van der Waals surface area contributed by atoms with Gasteiger partial charge in [-0.1, -0.05) is 25.0 Å². The van der Waals surface area contributed by atoms with Crippen molar-refractivity contribution in [1.82, 2.24) is 25.1 Å². The minimum absolute atomic E-state index is 0.0697. The second-order valence-electron chi connectivity index (χ2n) is 9.50. The molecule has 1 unspecified atom stereocenters. The van der Waals surface area contributed by atoms with Crippen molar-refractivity contribution in [3.8, 4) is 11.5 Å². The number of nitrogens with one attached hydrogen (secondary N) is 1. The Morgan fingerprint density at radius 3 is 2.79 bits per heavy atom. The van der Waals surface area contributed by atoms with E-state index in [2.05, 4.69) is 34.7 Å². The molecular weight excluding hydrogens is 440 g/mol. The Labute approximate surface area is 197 Å². The fourth-order valence-electron chi connectivity index (χ4n) is 4.80. The number of nitrogens with zero attached hydrogens (tertiary/aromatic N) is 5. The van der Waals surface area contributed by atoms with Gasteiger partial charge in [0.2, 0.25) is 5.95 Å². The number of carbonyl (C=O) groups is 2. The van der Waals surface area contributed by atoms with Crippen LogP contribution in [0.15, 0.2) is 29.5 Å². The van der Waals surface area contributed by atoms with Crippen LogP contribution in [0.25, 0.3) is 0 Å². The van der Waals surface area contributed by atoms with Crippen LogP contribution in [0, 0.1) is 5.41 Å². The Kier molecular flexibility index (Phi) is 5.72. The third-order valence-corrected chi connectivity index (χ3v) is 6.41. The van der Waals surface area contributed by atoms with Gasteiger partial charge < -0.3 is 24.4 Å². The number of hydrogen-bond donors (Lipinski definition) is 1. The molecular formula is C23H28N6O5. The summed E-state index contributed by atoms with van der Waals surface area (Å²) in [5.41, 5.74) is 2.16. The predicted octanol–water partition coefficient (Wildman–Crippen LogP) is 1.58. The van der Waals surface area contributed by atoms with Gasteiger partial charge in [0.1, 0.15) is 6.04 Å². The number of ether oxygens (including phenoxy) is 3. The molecule has 2 aromatic rings. The molecule has 180 valence electrons. The van der Waals surface area contributed by atoms with Crippen molar-refractivity contribution in [2.24, 2.45) is 5.41 Å². The second kappa shape index (κ2) is 8.71. The summed E-state index contributed by atoms with van der Waals surface area (Å²) in [6, 6.07) is 4.94. The van der Waals surface area contributed by atoms with Gasteiger partial charge in [-0.2, -0.15) is 4.68 Å². The molecule has 5 rings (SSSR count). The summed E-state index contributed by atoms with van der Waals surface area (Å²) in [6.45, 7) is 6.25. The number of carbonyl (C=O) groups excluding carboxylic acids is 2. The van der Waals surface area contributed by atoms with Gasteiger partial charge in [-0.3, -0.25) is 9.59 Å². The van der Waals surface area contributed by atoms with E-state index in [4.69, 9.17) is 14.2 Å². The first-order valence-corrected chi connectivity index (χ1v) is 11.3. The summed E-state index contributed by atoms with van der Waals surface area (Å²) in [7, 11) is 1.54. The monoisotopic (exact) mass is 468 g/mol. The Morgan fingerprint density at radius 2 is 2.03 bits per heavy atom. The summed E-state index contributed by atoms with van der Waals surface area (Å²) in [4.78, 5) is 27.4. The average molecular weight is 469 g/mol. The van der Waals surface area contributed by atoms with Crippen LogP contribution >= 0.6 is 0 Å². The minimum atomic E-state index is -0.484. The van der Waals surface area contributed by atoms with Crippen LogP contribution < -0.4 is 14.8 Å². The Morgan fingerprint density at radius 1 is 1.24 bits per heavy atom. The summed E-state index contributed by atoms with van der Waals surface area (Å²) < 4.78 is 18.3. The van der Waals surface area contributed by atoms with Crippen LogP contribution in [0.3, 0.4) is 0 Å². The highest BCUT2D eigenvalue weighted by molar-refractivity contribution is 6.00. The van der Waals surface area contributed by atoms with Crippen molar-refractivity contribution in [2.75, 3.05) is 45.3 Å². The summed E-state index contributed by atoms with van der Waals surface area (Å²) in [5, 5.41) is 15.3. The Bertz CT molecular complexity index is 1150. The molecule has 3 heterocycles. The molecule has 3 aliphatic rings. The van der Waals surface area contributed by atoms with Crippen LogP contribution in [0.4, 0.5) is 5.95 Å². The number of allylic oxidation sites excluding steroid dienone is 2. The summed E-state index contributed by atoms with van der Waals surface area (Å²) in [5.74, 6) is 1.37. The maximum absolute atomic E-state index is 13.2. The highest BCUT2D eigenvalue weighted by Crippen LogP contribution is 2.46. The first-order valence-electron chi connectivity index (χ1n) is 11.3. The molecule has 0 saturated carbocycles. The van der Waals surface area contributed by atoms with Gasteiger partial charge in [-0.05, 0) is 40.0 Å². The molecule has 1 aromatic carbocycles. The van der Waals surface area contributed by atoms with Crippen molar-refractivity contribution < 1.29 is 23.8 Å². The maximum Gasteiger partial charge on any atom is 0.260 e. The lowest BCUT2D eigenvalue weighted by atomic mass is 9.73. The van der Waals surface area contributed by atoms with Gasteiger partial charge in [0.25, 0.3) is 5.91 Å². The molecule has 1 saturated heterocycles. The van der Waals surface area contributed by atoms with Crippen molar-refractivity contribution >= 4 is 17.6 Å². The van der Waals surface area contributed by atoms with Crippen molar-refractivity contribution in [3.63, 3.8) is 0 Å². The van der Waals surface area contributed by atoms with E-state index in [1.807, 2.05) is 12.1 Å². The molecule has 0 spiro atoms. The lowest BCUT2D eigenvalue weighted by molar-refractivity contribution is -0.137. The maximum atomic E-state index is 13.2. The summed E-state index contributed by atoms with van der Waals surface area (Å²) in [6.07, 6.45) is 1.17. The smallest absolute Gasteiger partial charge is 0.260 e. The zero-order chi connectivity index (χ0) is 23.9. The third kappa shape index (κ3) is 4.11. The van der Waals surface area contributed by atoms with E-state index < -0.39 is 6.04 Å². The third-order valence-electron chi connectivity index (χ3n) is 6.41. The number of ketones is 1. The van der Waals surface area contributed by atoms with Crippen LogP contribution in [-0.4, -0.2) is 76.8 Å². The van der Waals surface area contributed by atoms with E-state index in [9.17, 15) is 9.59 Å². The minimum Gasteiger partial charge on any atom is -0.493 e. The number of fused-ring (bicyclic) bond motifs is 1. The van der Waals surface area contributed by atoms with Crippen molar-refractivity contribution in [1.29, 1.82) is 0 Å². The molecule has 1 N–H and O–H groups in total. The summed E-state index contributed by atoms with van der Waals surface area (Å²) >= 11 is 0. The normalized spacial score (nSPS) is 21.4. The topological polar surface area (TPSA) is 121 Å². The molecule has 0 bridgehead atoms. The van der Waals surface area contributed by atoms with Crippen molar-refractivity contribution in [3.05, 3.63) is 35.0 Å². The number of hydrogen-bond acceptors (Lipinski definition) is 9. The van der Waals surface area contributed by atoms with Gasteiger partial charge >= 0.3 is 0 Å². The van der Waals surface area contributed by atoms with Gasteiger partial charge in [0.05, 0.1) is 20.3 Å². The number of Topliss-reactive ketones (excluding diaryl/α,β-unsaturated/α-hetero) is 1. The predicted molar refractivity (Wildman–Crippen MR) is 121 cm³/mol. The molecule has 2 aliphatic heterocycles. The molecule has 0 radical (unpaired) electrons.